The van der Waals surface area contributed by atoms with Crippen LogP contribution in [0.1, 0.15) is 6.92 Å². The Labute approximate surface area is 94.8 Å². The third-order valence-corrected chi connectivity index (χ3v) is 1.61. The number of carbonyl (C=O) groups excluding carboxylic acids is 2. The van der Waals surface area contributed by atoms with Gasteiger partial charge in [0.1, 0.15) is 0 Å². The van der Waals surface area contributed by atoms with Crippen molar-refractivity contribution in [2.24, 2.45) is 11.5 Å². The summed E-state index contributed by atoms with van der Waals surface area (Å²) in [5, 5.41) is 2.04. The summed E-state index contributed by atoms with van der Waals surface area (Å²) in [6.07, 6.45) is 0. The van der Waals surface area contributed by atoms with Crippen molar-refractivity contribution in [3.8, 4) is 0 Å². The van der Waals surface area contributed by atoms with E-state index < -0.39 is 17.9 Å². The lowest BCUT2D eigenvalue weighted by Crippen LogP contribution is -2.43. The third-order valence-electron chi connectivity index (χ3n) is 0.962. The van der Waals surface area contributed by atoms with Crippen molar-refractivity contribution < 1.29 is 9.59 Å². The lowest BCUT2D eigenvalue weighted by Gasteiger charge is -2.05. The summed E-state index contributed by atoms with van der Waals surface area (Å²) in [6.45, 7) is 1.94. The maximum Gasteiger partial charge on any atom is 0.244 e. The molecule has 0 aliphatic rings. The second kappa shape index (κ2) is 10.8. The minimum atomic E-state index is -0.702. The average molecular weight is 239 g/mol. The number of nitrogens with one attached hydrogen (secondary N) is 1. The topological polar surface area (TPSA) is 98.2 Å². The van der Waals surface area contributed by atoms with Crippen LogP contribution in [-0.4, -0.2) is 35.9 Å². The van der Waals surface area contributed by atoms with Crippen LogP contribution in [0.2, 0.25) is 0 Å². The van der Waals surface area contributed by atoms with E-state index in [0.717, 1.165) is 5.75 Å². The summed E-state index contributed by atoms with van der Waals surface area (Å²) in [7, 11) is 0. The summed E-state index contributed by atoms with van der Waals surface area (Å²) in [4.78, 5) is 20.9. The molecule has 1 unspecified atom stereocenters. The van der Waals surface area contributed by atoms with Crippen LogP contribution in [0.15, 0.2) is 0 Å². The number of nitrogens with two attached hydrogens (primary N) is 2. The first-order valence-corrected chi connectivity index (χ1v) is 5.24. The molecule has 1 atom stereocenters. The summed E-state index contributed by atoms with van der Waals surface area (Å²) >= 11 is 7.58. The fourth-order valence-electron chi connectivity index (χ4n) is 0.349. The Balaban J connectivity index is 0. The van der Waals surface area contributed by atoms with Crippen LogP contribution in [0.25, 0.3) is 0 Å². The molecule has 5 nitrogen and oxygen atoms in total. The number of rotatable bonds is 3. The van der Waals surface area contributed by atoms with Crippen molar-refractivity contribution in [2.75, 3.05) is 18.1 Å². The Morgan fingerprint density at radius 2 is 1.86 bits per heavy atom. The molecule has 0 bridgehead atoms. The summed E-state index contributed by atoms with van der Waals surface area (Å²) in [6, 6.07) is -0.702. The standard InChI is InChI=1S/C5H10N2O2S.C2H7NS/c1-3(8)7-5(9)4(6)2-10;3-1-2-4/h4,10H,2,6H2,1H3,(H,7,8,9);4H,1-3H2. The molecule has 84 valence electrons. The van der Waals surface area contributed by atoms with Crippen LogP contribution in [0.3, 0.4) is 0 Å². The molecule has 14 heavy (non-hydrogen) atoms. The van der Waals surface area contributed by atoms with Gasteiger partial charge in [-0.3, -0.25) is 14.9 Å². The van der Waals surface area contributed by atoms with E-state index in [1.165, 1.54) is 6.92 Å². The molecule has 0 fully saturated rings. The largest absolute Gasteiger partial charge is 0.330 e. The number of hydrogen-bond acceptors (Lipinski definition) is 6. The minimum Gasteiger partial charge on any atom is -0.330 e. The van der Waals surface area contributed by atoms with Crippen molar-refractivity contribution >= 4 is 37.1 Å². The van der Waals surface area contributed by atoms with Crippen LogP contribution in [0.4, 0.5) is 0 Å². The van der Waals surface area contributed by atoms with Crippen LogP contribution >= 0.6 is 25.3 Å². The second-order valence-electron chi connectivity index (χ2n) is 2.35. The van der Waals surface area contributed by atoms with Gasteiger partial charge in [-0.25, -0.2) is 0 Å². The normalized spacial score (nSPS) is 10.9. The average Bonchev–Trinajstić information content (AvgIpc) is 2.16. The first-order valence-electron chi connectivity index (χ1n) is 3.98. The first-order chi connectivity index (χ1) is 6.49. The van der Waals surface area contributed by atoms with Gasteiger partial charge in [0.05, 0.1) is 6.04 Å². The molecule has 0 saturated heterocycles. The first kappa shape index (κ1) is 16.2. The molecule has 0 aliphatic carbocycles. The quantitative estimate of drug-likeness (QED) is 0.399. The molecule has 7 heteroatoms. The highest BCUT2D eigenvalue weighted by atomic mass is 32.1. The molecular formula is C7H17N3O2S2. The second-order valence-corrected chi connectivity index (χ2v) is 3.16. The molecule has 0 aliphatic heterocycles. The monoisotopic (exact) mass is 239 g/mol. The number of carbonyl (C=O) groups is 2. The van der Waals surface area contributed by atoms with Gasteiger partial charge < -0.3 is 11.5 Å². The van der Waals surface area contributed by atoms with Gasteiger partial charge in [0.2, 0.25) is 11.8 Å². The Bertz CT molecular complexity index is 176. The van der Waals surface area contributed by atoms with Gasteiger partial charge in [-0.15, -0.1) is 0 Å². The van der Waals surface area contributed by atoms with Crippen LogP contribution in [-0.2, 0) is 9.59 Å². The molecule has 0 aromatic carbocycles. The Morgan fingerprint density at radius 1 is 1.43 bits per heavy atom. The van der Waals surface area contributed by atoms with Gasteiger partial charge in [-0.1, -0.05) is 0 Å². The predicted molar refractivity (Wildman–Crippen MR) is 63.6 cm³/mol. The van der Waals surface area contributed by atoms with E-state index in [9.17, 15) is 9.59 Å². The summed E-state index contributed by atoms with van der Waals surface area (Å²) in [5.41, 5.74) is 10.2. The van der Waals surface area contributed by atoms with Crippen molar-refractivity contribution in [1.29, 1.82) is 0 Å². The third kappa shape index (κ3) is 11.8. The summed E-state index contributed by atoms with van der Waals surface area (Å²) in [5.74, 6) is 0.142. The van der Waals surface area contributed by atoms with Gasteiger partial charge in [0, 0.05) is 25.0 Å². The highest BCUT2D eigenvalue weighted by molar-refractivity contribution is 7.80. The van der Waals surface area contributed by atoms with E-state index in [1.807, 2.05) is 5.32 Å². The number of thiol groups is 2. The SMILES string of the molecule is CC(=O)NC(=O)C(N)CS.NCCS. The van der Waals surface area contributed by atoms with Gasteiger partial charge in [0.15, 0.2) is 0 Å². The zero-order valence-corrected chi connectivity index (χ0v) is 9.85. The lowest BCUT2D eigenvalue weighted by atomic mass is 10.3. The summed E-state index contributed by atoms with van der Waals surface area (Å²) < 4.78 is 0. The van der Waals surface area contributed by atoms with Crippen molar-refractivity contribution in [3.63, 3.8) is 0 Å². The zero-order chi connectivity index (χ0) is 11.6. The molecular weight excluding hydrogens is 222 g/mol. The maximum absolute atomic E-state index is 10.7. The van der Waals surface area contributed by atoms with Crippen LogP contribution in [0, 0.1) is 0 Å². The zero-order valence-electron chi connectivity index (χ0n) is 8.06. The number of hydrogen-bond donors (Lipinski definition) is 5. The molecule has 5 N–H and O–H groups in total. The van der Waals surface area contributed by atoms with Gasteiger partial charge in [-0.05, 0) is 0 Å². The molecule has 0 rings (SSSR count). The van der Waals surface area contributed by atoms with Gasteiger partial charge in [0.25, 0.3) is 0 Å². The lowest BCUT2D eigenvalue weighted by molar-refractivity contribution is -0.129. The van der Waals surface area contributed by atoms with E-state index in [4.69, 9.17) is 11.5 Å². The van der Waals surface area contributed by atoms with E-state index in [-0.39, 0.29) is 5.75 Å². The van der Waals surface area contributed by atoms with Gasteiger partial charge >= 0.3 is 0 Å². The molecule has 0 aromatic rings. The van der Waals surface area contributed by atoms with E-state index in [1.54, 1.807) is 0 Å². The molecule has 0 aromatic heterocycles. The number of imide groups is 1. The molecule has 2 amide bonds. The highest BCUT2D eigenvalue weighted by Crippen LogP contribution is 1.82. The molecule has 0 saturated carbocycles. The number of amides is 2. The van der Waals surface area contributed by atoms with Crippen molar-refractivity contribution in [2.45, 2.75) is 13.0 Å². The molecule has 0 radical (unpaired) electrons. The predicted octanol–water partition coefficient (Wildman–Crippen LogP) is -1.22. The van der Waals surface area contributed by atoms with Gasteiger partial charge in [-0.2, -0.15) is 25.3 Å². The van der Waals surface area contributed by atoms with E-state index in [0.29, 0.717) is 6.54 Å². The fraction of sp³-hybridized carbons (Fsp3) is 0.714. The Hall–Kier alpha value is -0.240. The molecule has 0 spiro atoms. The van der Waals surface area contributed by atoms with E-state index in [2.05, 4.69) is 25.3 Å². The van der Waals surface area contributed by atoms with Crippen molar-refractivity contribution in [3.05, 3.63) is 0 Å². The van der Waals surface area contributed by atoms with Crippen molar-refractivity contribution in [1.82, 2.24) is 5.32 Å². The Morgan fingerprint density at radius 3 is 2.07 bits per heavy atom. The van der Waals surface area contributed by atoms with Crippen LogP contribution in [0.5, 0.6) is 0 Å². The minimum absolute atomic E-state index is 0.235. The fourth-order valence-corrected chi connectivity index (χ4v) is 0.515. The highest BCUT2D eigenvalue weighted by Gasteiger charge is 2.11. The van der Waals surface area contributed by atoms with E-state index >= 15 is 0 Å². The smallest absolute Gasteiger partial charge is 0.244 e. The van der Waals surface area contributed by atoms with Crippen LogP contribution < -0.4 is 16.8 Å². The maximum atomic E-state index is 10.7. The molecule has 0 heterocycles. The Kier molecular flexibility index (Phi) is 12.5.